The zero-order chi connectivity index (χ0) is 28.9. The minimum Gasteiger partial charge on any atom is -0.648 e. The molecule has 0 aliphatic rings. The number of hydrogen-bond donors (Lipinski definition) is 2. The van der Waals surface area contributed by atoms with E-state index < -0.39 is 0 Å². The molecule has 0 saturated carbocycles. The Balaban J connectivity index is 0. The van der Waals surface area contributed by atoms with Gasteiger partial charge >= 0.3 is 116 Å². The van der Waals surface area contributed by atoms with Crippen LogP contribution in [0.2, 0.25) is 0 Å². The van der Waals surface area contributed by atoms with Gasteiger partial charge in [-0.05, 0) is 38.3 Å². The molecule has 0 heterocycles. The van der Waals surface area contributed by atoms with Gasteiger partial charge in [-0.25, -0.2) is 0 Å². The number of nitrogens with zero attached hydrogens (tertiary/aromatic N) is 2. The number of hydrogen-bond acceptors (Lipinski definition) is 6. The molecule has 2 N–H and O–H groups in total. The number of ether oxygens (including phenoxy) is 1. The third-order valence-corrected chi connectivity index (χ3v) is 6.24. The van der Waals surface area contributed by atoms with Gasteiger partial charge in [0.15, 0.2) is 11.8 Å². The number of carbonyl (C=O) groups is 4. The summed E-state index contributed by atoms with van der Waals surface area (Å²) in [6, 6.07) is 7.10. The molecule has 41 heavy (non-hydrogen) atoms. The summed E-state index contributed by atoms with van der Waals surface area (Å²) in [4.78, 5) is 47.7. The zero-order valence-electron chi connectivity index (χ0n) is 26.1. The van der Waals surface area contributed by atoms with Gasteiger partial charge in [0.2, 0.25) is 0 Å². The second-order valence-corrected chi connectivity index (χ2v) is 9.57. The standard InChI is InChI=1S/C30H48N4O5.2Rb/c1-5-10-26(28(36)6-2)11-7-8-16-32-30(38)33-17-9-18-39-22-29(37)34-21-25-14-12-24(13-15-25)20-27(35)19-23(3)31-4;;/h12-15,19,26H,5-11,16-18,20-22H2,1-4H3,(H4,31,32,33,34,35,37,38);;/q;2*+1/p-2. The number of nitrogens with one attached hydrogen (secondary N) is 2. The van der Waals surface area contributed by atoms with E-state index in [0.717, 1.165) is 48.9 Å². The number of carbonyl (C=O) groups excluding carboxylic acids is 4. The minimum absolute atomic E-state index is 0. The summed E-state index contributed by atoms with van der Waals surface area (Å²) in [5.41, 5.74) is 2.59. The molecule has 1 unspecified atom stereocenters. The first kappa shape index (κ1) is 43.5. The molecule has 0 bridgehead atoms. The van der Waals surface area contributed by atoms with E-state index in [4.69, 9.17) is 4.74 Å². The second-order valence-electron chi connectivity index (χ2n) is 9.57. The van der Waals surface area contributed by atoms with E-state index in [9.17, 15) is 19.2 Å². The van der Waals surface area contributed by atoms with Gasteiger partial charge in [0.05, 0.1) is 12.5 Å². The maximum atomic E-state index is 12.0. The molecule has 1 rings (SSSR count). The third-order valence-electron chi connectivity index (χ3n) is 6.24. The van der Waals surface area contributed by atoms with Crippen LogP contribution in [0.15, 0.2) is 36.0 Å². The van der Waals surface area contributed by atoms with Crippen molar-refractivity contribution in [2.24, 2.45) is 5.92 Å². The fourth-order valence-electron chi connectivity index (χ4n) is 3.93. The van der Waals surface area contributed by atoms with Crippen molar-refractivity contribution < 1.29 is 140 Å². The molecular weight excluding hydrogens is 667 g/mol. The van der Waals surface area contributed by atoms with Crippen molar-refractivity contribution >= 4 is 23.5 Å². The SMILES string of the molecule is CCCC(CCCCNC(=O)[N-]CCCOCC(=O)[N-]Cc1ccc(CC(=O)/C=C(/C)NC)cc1)C(=O)CC.[Rb+].[Rb+]. The number of amides is 3. The first-order valence-corrected chi connectivity index (χ1v) is 14.0. The summed E-state index contributed by atoms with van der Waals surface area (Å²) in [6.45, 7) is 7.15. The van der Waals surface area contributed by atoms with Crippen molar-refractivity contribution in [2.45, 2.75) is 78.7 Å². The number of urea groups is 1. The maximum absolute atomic E-state index is 12.0. The van der Waals surface area contributed by atoms with E-state index in [1.807, 2.05) is 38.1 Å². The molecule has 3 amide bonds. The first-order chi connectivity index (χ1) is 18.8. The van der Waals surface area contributed by atoms with Crippen LogP contribution in [0.25, 0.3) is 10.6 Å². The first-order valence-electron chi connectivity index (χ1n) is 14.0. The van der Waals surface area contributed by atoms with Crippen LogP contribution in [-0.4, -0.2) is 56.9 Å². The van der Waals surface area contributed by atoms with Gasteiger partial charge in [0, 0.05) is 44.2 Å². The van der Waals surface area contributed by atoms with E-state index >= 15 is 0 Å². The third kappa shape index (κ3) is 22.6. The summed E-state index contributed by atoms with van der Waals surface area (Å²) < 4.78 is 5.34. The van der Waals surface area contributed by atoms with Crippen LogP contribution in [-0.2, 0) is 32.1 Å². The van der Waals surface area contributed by atoms with Crippen LogP contribution < -0.4 is 127 Å². The summed E-state index contributed by atoms with van der Waals surface area (Å²) in [5, 5.41) is 13.7. The molecule has 0 aromatic heterocycles. The Hall–Kier alpha value is 0.410. The summed E-state index contributed by atoms with van der Waals surface area (Å²) in [5.74, 6) is 0.148. The van der Waals surface area contributed by atoms with E-state index in [1.165, 1.54) is 0 Å². The van der Waals surface area contributed by atoms with Crippen LogP contribution in [0.1, 0.15) is 76.8 Å². The van der Waals surface area contributed by atoms with E-state index in [1.54, 1.807) is 13.1 Å². The molecule has 1 aromatic rings. The summed E-state index contributed by atoms with van der Waals surface area (Å²) >= 11 is 0. The zero-order valence-corrected chi connectivity index (χ0v) is 35.9. The molecular formula is C30H46N4O5Rb2. The van der Waals surface area contributed by atoms with E-state index in [2.05, 4.69) is 28.2 Å². The van der Waals surface area contributed by atoms with Gasteiger partial charge in [-0.2, -0.15) is 0 Å². The van der Waals surface area contributed by atoms with Gasteiger partial charge < -0.3 is 30.8 Å². The molecule has 11 heteroatoms. The van der Waals surface area contributed by atoms with Crippen molar-refractivity contribution in [3.63, 3.8) is 0 Å². The average molecular weight is 714 g/mol. The predicted octanol–water partition coefficient (Wildman–Crippen LogP) is -0.615. The van der Waals surface area contributed by atoms with Gasteiger partial charge in [0.1, 0.15) is 5.78 Å². The van der Waals surface area contributed by atoms with Gasteiger partial charge in [-0.15, -0.1) is 6.54 Å². The fraction of sp³-hybridized carbons (Fsp3) is 0.600. The Labute approximate surface area is 344 Å². The molecule has 0 saturated heterocycles. The molecule has 0 aliphatic carbocycles. The van der Waals surface area contributed by atoms with Crippen LogP contribution in [0.5, 0.6) is 0 Å². The monoisotopic (exact) mass is 712 g/mol. The van der Waals surface area contributed by atoms with Crippen molar-refractivity contribution in [2.75, 3.05) is 33.4 Å². The number of benzene rings is 1. The van der Waals surface area contributed by atoms with Crippen LogP contribution in [0.4, 0.5) is 4.79 Å². The molecule has 1 atom stereocenters. The predicted molar refractivity (Wildman–Crippen MR) is 155 cm³/mol. The Morgan fingerprint density at radius 3 is 2.27 bits per heavy atom. The van der Waals surface area contributed by atoms with Gasteiger partial charge in [-0.3, -0.25) is 14.4 Å². The fourth-order valence-corrected chi connectivity index (χ4v) is 3.93. The Bertz CT molecular complexity index is 926. The Kier molecular flexibility index (Phi) is 29.7. The van der Waals surface area contributed by atoms with Crippen LogP contribution in [0.3, 0.4) is 0 Å². The van der Waals surface area contributed by atoms with E-state index in [-0.39, 0.29) is 153 Å². The number of unbranched alkanes of at least 4 members (excludes halogenated alkanes) is 1. The topological polar surface area (TPSA) is 130 Å². The quantitative estimate of drug-likeness (QED) is 0.129. The molecule has 0 fully saturated rings. The Morgan fingerprint density at radius 1 is 0.951 bits per heavy atom. The molecule has 1 aromatic carbocycles. The molecule has 218 valence electrons. The second kappa shape index (κ2) is 27.9. The number of rotatable bonds is 21. The average Bonchev–Trinajstić information content (AvgIpc) is 2.93. The molecule has 0 aliphatic heterocycles. The van der Waals surface area contributed by atoms with Crippen molar-refractivity contribution in [3.05, 3.63) is 57.8 Å². The summed E-state index contributed by atoms with van der Waals surface area (Å²) in [7, 11) is 1.77. The van der Waals surface area contributed by atoms with Crippen molar-refractivity contribution in [3.8, 4) is 0 Å². The number of allylic oxidation sites excluding steroid dienone is 2. The normalized spacial score (nSPS) is 11.4. The molecule has 0 spiro atoms. The molecule has 0 radical (unpaired) electrons. The van der Waals surface area contributed by atoms with Crippen LogP contribution >= 0.6 is 0 Å². The Morgan fingerprint density at radius 2 is 1.63 bits per heavy atom. The van der Waals surface area contributed by atoms with Crippen molar-refractivity contribution in [1.29, 1.82) is 0 Å². The minimum atomic E-state index is -0.351. The van der Waals surface area contributed by atoms with Crippen LogP contribution in [0, 0.1) is 5.92 Å². The van der Waals surface area contributed by atoms with Gasteiger partial charge in [0.25, 0.3) is 0 Å². The van der Waals surface area contributed by atoms with Gasteiger partial charge in [-0.1, -0.05) is 69.5 Å². The largest absolute Gasteiger partial charge is 1.00 e. The number of Topliss-reactive ketones (excluding diaryl/α,β-unsaturated/α-hetero) is 1. The number of ketones is 2. The maximum Gasteiger partial charge on any atom is 1.00 e. The van der Waals surface area contributed by atoms with Crippen molar-refractivity contribution in [1.82, 2.24) is 10.6 Å². The smallest absolute Gasteiger partial charge is 0.648 e. The summed E-state index contributed by atoms with van der Waals surface area (Å²) in [6.07, 6.45) is 7.56. The molecule has 9 nitrogen and oxygen atoms in total. The van der Waals surface area contributed by atoms with E-state index in [0.29, 0.717) is 44.7 Å².